The van der Waals surface area contributed by atoms with Gasteiger partial charge in [0.15, 0.2) is 0 Å². The summed E-state index contributed by atoms with van der Waals surface area (Å²) in [5.74, 6) is 0.678. The Morgan fingerprint density at radius 1 is 1.17 bits per heavy atom. The molecule has 0 saturated heterocycles. The van der Waals surface area contributed by atoms with Crippen molar-refractivity contribution in [3.63, 3.8) is 0 Å². The summed E-state index contributed by atoms with van der Waals surface area (Å²) in [6, 6.07) is 12.9. The molecule has 0 spiro atoms. The van der Waals surface area contributed by atoms with E-state index in [-0.39, 0.29) is 28.3 Å². The van der Waals surface area contributed by atoms with Crippen LogP contribution in [-0.2, 0) is 23.9 Å². The van der Waals surface area contributed by atoms with Crippen molar-refractivity contribution in [1.82, 2.24) is 5.32 Å². The van der Waals surface area contributed by atoms with Gasteiger partial charge in [-0.3, -0.25) is 0 Å². The summed E-state index contributed by atoms with van der Waals surface area (Å²) >= 11 is 3.72. The van der Waals surface area contributed by atoms with Gasteiger partial charge in [0.2, 0.25) is 0 Å². The van der Waals surface area contributed by atoms with Crippen molar-refractivity contribution < 1.29 is 22.7 Å². The molecule has 0 unspecified atom stereocenters. The van der Waals surface area contributed by atoms with Crippen molar-refractivity contribution in [3.8, 4) is 11.5 Å². The minimum atomic E-state index is -3.22. The molecular formula is C20H21ClINO5S. The van der Waals surface area contributed by atoms with E-state index in [0.717, 1.165) is 14.9 Å². The maximum atomic E-state index is 13.0. The van der Waals surface area contributed by atoms with E-state index < -0.39 is 35.6 Å². The first-order valence-corrected chi connectivity index (χ1v) is 14.9. The molecule has 156 valence electrons. The van der Waals surface area contributed by atoms with Crippen molar-refractivity contribution >= 4 is 51.0 Å². The first-order chi connectivity index (χ1) is 13.8. The third-order valence-electron chi connectivity index (χ3n) is 4.37. The Morgan fingerprint density at radius 2 is 1.93 bits per heavy atom. The molecule has 6 nitrogen and oxygen atoms in total. The predicted octanol–water partition coefficient (Wildman–Crippen LogP) is 3.79. The number of hydrogen-bond donors (Lipinski definition) is 1. The second kappa shape index (κ2) is 9.44. The van der Waals surface area contributed by atoms with Crippen LogP contribution < -0.4 is 10.1 Å². The quantitative estimate of drug-likeness (QED) is 0.323. The van der Waals surface area contributed by atoms with Gasteiger partial charge < -0.3 is 0 Å². The molecule has 9 heteroatoms. The summed E-state index contributed by atoms with van der Waals surface area (Å²) in [5, 5.41) is 3.11. The zero-order valence-electron chi connectivity index (χ0n) is 15.8. The van der Waals surface area contributed by atoms with Gasteiger partial charge >= 0.3 is 183 Å². The zero-order chi connectivity index (χ0) is 21.0. The van der Waals surface area contributed by atoms with E-state index in [1.807, 2.05) is 24.3 Å². The Labute approximate surface area is 182 Å². The van der Waals surface area contributed by atoms with Crippen molar-refractivity contribution in [2.75, 3.05) is 18.1 Å². The van der Waals surface area contributed by atoms with Gasteiger partial charge in [0.1, 0.15) is 0 Å². The molecule has 1 aliphatic heterocycles. The number of sulfone groups is 1. The number of para-hydroxylation sites is 1. The van der Waals surface area contributed by atoms with Crippen LogP contribution in [0.3, 0.4) is 0 Å². The third kappa shape index (κ3) is 5.70. The number of alkyl halides is 1. The Balaban J connectivity index is 1.75. The molecule has 0 bridgehead atoms. The Bertz CT molecular complexity index is 1040. The summed E-state index contributed by atoms with van der Waals surface area (Å²) in [6.07, 6.45) is -0.147. The van der Waals surface area contributed by atoms with Gasteiger partial charge in [-0.25, -0.2) is 0 Å². The van der Waals surface area contributed by atoms with Gasteiger partial charge in [0.25, 0.3) is 0 Å². The van der Waals surface area contributed by atoms with Crippen molar-refractivity contribution in [3.05, 3.63) is 56.6 Å². The van der Waals surface area contributed by atoms with E-state index in [4.69, 9.17) is 16.3 Å². The maximum absolute atomic E-state index is 13.0. The molecular weight excluding hydrogens is 529 g/mol. The number of amides is 1. The molecule has 1 N–H and O–H groups in total. The number of benzene rings is 2. The molecule has 3 rings (SSSR count). The van der Waals surface area contributed by atoms with E-state index in [2.05, 4.69) is 5.32 Å². The Morgan fingerprint density at radius 3 is 2.69 bits per heavy atom. The number of carbonyl (C=O) groups excluding carboxylic acids is 2. The van der Waals surface area contributed by atoms with Crippen LogP contribution in [0.15, 0.2) is 42.5 Å². The summed E-state index contributed by atoms with van der Waals surface area (Å²) < 4.78 is 30.5. The molecule has 29 heavy (non-hydrogen) atoms. The fourth-order valence-corrected chi connectivity index (χ4v) is 9.07. The summed E-state index contributed by atoms with van der Waals surface area (Å²) in [7, 11) is -3.22. The summed E-state index contributed by atoms with van der Waals surface area (Å²) in [4.78, 5) is 25.0. The van der Waals surface area contributed by atoms with Gasteiger partial charge in [-0.05, 0) is 0 Å². The van der Waals surface area contributed by atoms with Crippen LogP contribution in [0, 0.1) is 3.57 Å². The van der Waals surface area contributed by atoms with Crippen LogP contribution in [0.25, 0.3) is 0 Å². The van der Waals surface area contributed by atoms with E-state index >= 15 is 0 Å². The third-order valence-corrected chi connectivity index (χ3v) is 12.0. The fraction of sp³-hybridized carbons (Fsp3) is 0.300. The number of fused-ring (bicyclic) bond motifs is 2. The van der Waals surface area contributed by atoms with E-state index in [9.17, 15) is 18.0 Å². The van der Waals surface area contributed by atoms with Crippen LogP contribution in [0.4, 0.5) is 0 Å². The monoisotopic (exact) mass is 549 g/mol. The number of halogens is 2. The molecule has 0 radical (unpaired) electrons. The van der Waals surface area contributed by atoms with Crippen molar-refractivity contribution in [2.45, 2.75) is 17.8 Å². The van der Waals surface area contributed by atoms with Crippen LogP contribution in [0.1, 0.15) is 18.9 Å². The Kier molecular flexibility index (Phi) is 7.18. The number of rotatable bonds is 7. The molecule has 0 aromatic heterocycles. The molecule has 2 aromatic carbocycles. The summed E-state index contributed by atoms with van der Waals surface area (Å²) in [6.45, 7) is 1.42. The van der Waals surface area contributed by atoms with Crippen LogP contribution >= 0.6 is 31.4 Å². The molecule has 2 aromatic rings. The molecule has 0 fully saturated rings. The SMILES string of the molecule is CCS(=O)(=O)CCC(=O)NCC(=O)I1Cc2ccccc2Oc2ccc(Cl)cc21. The van der Waals surface area contributed by atoms with E-state index in [1.54, 1.807) is 18.2 Å². The van der Waals surface area contributed by atoms with Gasteiger partial charge in [-0.2, -0.15) is 0 Å². The molecule has 1 heterocycles. The molecule has 1 aliphatic rings. The van der Waals surface area contributed by atoms with Gasteiger partial charge in [-0.15, -0.1) is 0 Å². The minimum absolute atomic E-state index is 0.00790. The number of hydrogen-bond acceptors (Lipinski definition) is 5. The second-order valence-corrected chi connectivity index (χ2v) is 14.5. The second-order valence-electron chi connectivity index (χ2n) is 6.40. The molecule has 1 amide bonds. The van der Waals surface area contributed by atoms with Gasteiger partial charge in [0.05, 0.1) is 0 Å². The van der Waals surface area contributed by atoms with Crippen LogP contribution in [0.2, 0.25) is 5.02 Å². The van der Waals surface area contributed by atoms with Gasteiger partial charge in [0, 0.05) is 0 Å². The summed E-state index contributed by atoms with van der Waals surface area (Å²) in [5.41, 5.74) is 0.957. The van der Waals surface area contributed by atoms with Crippen molar-refractivity contribution in [1.29, 1.82) is 0 Å². The zero-order valence-corrected chi connectivity index (χ0v) is 19.5. The first-order valence-electron chi connectivity index (χ1n) is 9.00. The fourth-order valence-electron chi connectivity index (χ4n) is 2.70. The Hall–Kier alpha value is -1.65. The first kappa shape index (κ1) is 22.0. The predicted molar refractivity (Wildman–Crippen MR) is 121 cm³/mol. The topological polar surface area (TPSA) is 89.5 Å². The number of carbonyl (C=O) groups is 2. The van der Waals surface area contributed by atoms with Crippen LogP contribution in [0.5, 0.6) is 11.5 Å². The molecule has 0 aliphatic carbocycles. The molecule has 0 atom stereocenters. The van der Waals surface area contributed by atoms with E-state index in [1.165, 1.54) is 6.92 Å². The van der Waals surface area contributed by atoms with Crippen molar-refractivity contribution in [2.24, 2.45) is 0 Å². The standard InChI is InChI=1S/C20H21ClINO5S/c1-2-29(26,27)10-9-20(25)23-13-19(24)22-12-14-5-3-4-6-17(14)28-18-8-7-15(21)11-16(18)22/h3-8,11H,2,9-10,12-13H2,1H3,(H,23,25). The van der Waals surface area contributed by atoms with Gasteiger partial charge in [-0.1, -0.05) is 0 Å². The average Bonchev–Trinajstić information content (AvgIpc) is 2.87. The van der Waals surface area contributed by atoms with E-state index in [0.29, 0.717) is 15.2 Å². The molecule has 0 saturated carbocycles. The normalized spacial score (nSPS) is 14.2. The number of nitrogens with one attached hydrogen (secondary N) is 1. The number of ether oxygens (including phenoxy) is 1. The van der Waals surface area contributed by atoms with Crippen LogP contribution in [-0.4, -0.2) is 36.2 Å². The average molecular weight is 550 g/mol.